The lowest BCUT2D eigenvalue weighted by Crippen LogP contribution is -2.38. The quantitative estimate of drug-likeness (QED) is 0.192. The van der Waals surface area contributed by atoms with Gasteiger partial charge < -0.3 is 25.8 Å². The fourth-order valence-electron chi connectivity index (χ4n) is 6.21. The molecule has 2 aliphatic heterocycles. The second kappa shape index (κ2) is 12.4. The standard InChI is InChI=1S/C33H36ClN9O/c1-21-4-9-28(30(34)13-21)29-14-22-15-38-33(40-24-7-5-23(6-8-24)39-25-3-2-11-35-16-25)41-31(22)42(32(29)44)19-27-18-37-20-43(27)26-10-12-36-17-26/h4-9,13-15,18,20,25-26,35-36,39H,2-3,10-12,16-17,19H2,1H3,(H,38,40,41). The number of halogens is 1. The minimum absolute atomic E-state index is 0.169. The van der Waals surface area contributed by atoms with Gasteiger partial charge in [-0.2, -0.15) is 4.98 Å². The van der Waals surface area contributed by atoms with E-state index >= 15 is 0 Å². The van der Waals surface area contributed by atoms with E-state index in [0.29, 0.717) is 46.4 Å². The zero-order chi connectivity index (χ0) is 30.0. The molecule has 2 saturated heterocycles. The number of hydrogen-bond acceptors (Lipinski definition) is 8. The summed E-state index contributed by atoms with van der Waals surface area (Å²) in [6.07, 6.45) is 8.81. The lowest BCUT2D eigenvalue weighted by Gasteiger charge is -2.24. The number of nitrogens with one attached hydrogen (secondary N) is 4. The molecule has 10 nitrogen and oxygen atoms in total. The SMILES string of the molecule is Cc1ccc(-c2cc3cnc(Nc4ccc(NC5CCCNC5)cc4)nc3n(Cc3cncn3C3CCNC3)c2=O)c(Cl)c1. The van der Waals surface area contributed by atoms with Crippen LogP contribution in [0.4, 0.5) is 17.3 Å². The van der Waals surface area contributed by atoms with Crippen molar-refractivity contribution in [3.8, 4) is 11.1 Å². The summed E-state index contributed by atoms with van der Waals surface area (Å²) in [5.74, 6) is 0.414. The molecule has 7 rings (SSSR count). The number of aromatic nitrogens is 5. The van der Waals surface area contributed by atoms with Crippen LogP contribution in [0.3, 0.4) is 0 Å². The van der Waals surface area contributed by atoms with Gasteiger partial charge in [-0.25, -0.2) is 9.97 Å². The lowest BCUT2D eigenvalue weighted by molar-refractivity contribution is 0.480. The van der Waals surface area contributed by atoms with Gasteiger partial charge in [-0.05, 0) is 81.2 Å². The minimum Gasteiger partial charge on any atom is -0.381 e. The normalized spacial score (nSPS) is 18.5. The van der Waals surface area contributed by atoms with Crippen molar-refractivity contribution in [2.24, 2.45) is 0 Å². The molecule has 44 heavy (non-hydrogen) atoms. The average molecular weight is 610 g/mol. The highest BCUT2D eigenvalue weighted by atomic mass is 35.5. The fraction of sp³-hybridized carbons (Fsp3) is 0.333. The van der Waals surface area contributed by atoms with Crippen molar-refractivity contribution in [1.29, 1.82) is 0 Å². The highest BCUT2D eigenvalue weighted by molar-refractivity contribution is 6.33. The van der Waals surface area contributed by atoms with Gasteiger partial charge in [-0.3, -0.25) is 9.36 Å². The molecule has 3 aromatic heterocycles. The number of hydrogen-bond donors (Lipinski definition) is 4. The maximum Gasteiger partial charge on any atom is 0.260 e. The molecule has 2 unspecified atom stereocenters. The molecule has 2 atom stereocenters. The van der Waals surface area contributed by atoms with E-state index in [1.165, 1.54) is 6.42 Å². The predicted octanol–water partition coefficient (Wildman–Crippen LogP) is 5.11. The summed E-state index contributed by atoms with van der Waals surface area (Å²) in [6, 6.07) is 16.5. The first-order chi connectivity index (χ1) is 21.5. The van der Waals surface area contributed by atoms with E-state index in [0.717, 1.165) is 67.0 Å². The summed E-state index contributed by atoms with van der Waals surface area (Å²) in [6.45, 7) is 6.19. The van der Waals surface area contributed by atoms with Gasteiger partial charge in [0.2, 0.25) is 5.95 Å². The molecule has 2 aromatic carbocycles. The third-order valence-corrected chi connectivity index (χ3v) is 8.86. The van der Waals surface area contributed by atoms with Gasteiger partial charge in [-0.1, -0.05) is 23.7 Å². The van der Waals surface area contributed by atoms with Crippen LogP contribution in [0.15, 0.2) is 72.0 Å². The minimum atomic E-state index is -0.169. The van der Waals surface area contributed by atoms with Gasteiger partial charge >= 0.3 is 0 Å². The first-order valence-electron chi connectivity index (χ1n) is 15.2. The average Bonchev–Trinajstić information content (AvgIpc) is 3.73. The predicted molar refractivity (Wildman–Crippen MR) is 176 cm³/mol. The molecule has 4 N–H and O–H groups in total. The molecular formula is C33H36ClN9O. The molecule has 2 fully saturated rings. The van der Waals surface area contributed by atoms with Crippen LogP contribution in [0, 0.1) is 6.92 Å². The first-order valence-corrected chi connectivity index (χ1v) is 15.6. The maximum atomic E-state index is 14.2. The van der Waals surface area contributed by atoms with E-state index in [2.05, 4.69) is 47.9 Å². The molecule has 0 aliphatic carbocycles. The molecule has 5 heterocycles. The van der Waals surface area contributed by atoms with Crippen LogP contribution in [0.2, 0.25) is 5.02 Å². The summed E-state index contributed by atoms with van der Waals surface area (Å²) in [4.78, 5) is 28.1. The van der Waals surface area contributed by atoms with Crippen LogP contribution in [0.1, 0.15) is 36.6 Å². The van der Waals surface area contributed by atoms with Gasteiger partial charge in [0, 0.05) is 70.5 Å². The third kappa shape index (κ3) is 5.93. The van der Waals surface area contributed by atoms with Crippen LogP contribution in [-0.2, 0) is 6.54 Å². The number of nitrogens with zero attached hydrogens (tertiary/aromatic N) is 5. The summed E-state index contributed by atoms with van der Waals surface area (Å²) >= 11 is 6.66. The second-order valence-electron chi connectivity index (χ2n) is 11.7. The number of rotatable bonds is 8. The van der Waals surface area contributed by atoms with Crippen molar-refractivity contribution in [3.63, 3.8) is 0 Å². The Morgan fingerprint density at radius 3 is 2.59 bits per heavy atom. The second-order valence-corrected chi connectivity index (χ2v) is 12.1. The number of aryl methyl sites for hydroxylation is 1. The van der Waals surface area contributed by atoms with E-state index in [1.54, 1.807) is 10.8 Å². The van der Waals surface area contributed by atoms with E-state index in [-0.39, 0.29) is 5.56 Å². The van der Waals surface area contributed by atoms with Gasteiger partial charge in [-0.15, -0.1) is 0 Å². The molecule has 0 bridgehead atoms. The first kappa shape index (κ1) is 28.5. The van der Waals surface area contributed by atoms with E-state index < -0.39 is 0 Å². The molecule has 11 heteroatoms. The Bertz CT molecular complexity index is 1840. The monoisotopic (exact) mass is 609 g/mol. The molecule has 2 aliphatic rings. The zero-order valence-electron chi connectivity index (χ0n) is 24.7. The highest BCUT2D eigenvalue weighted by Crippen LogP contribution is 2.29. The Labute approximate surface area is 260 Å². The van der Waals surface area contributed by atoms with Gasteiger partial charge in [0.1, 0.15) is 5.65 Å². The number of imidazole rings is 1. The number of piperidine rings is 1. The molecule has 5 aromatic rings. The molecule has 0 spiro atoms. The smallest absolute Gasteiger partial charge is 0.260 e. The fourth-order valence-corrected chi connectivity index (χ4v) is 6.55. The van der Waals surface area contributed by atoms with E-state index in [9.17, 15) is 4.79 Å². The van der Waals surface area contributed by atoms with E-state index in [1.807, 2.05) is 55.8 Å². The van der Waals surface area contributed by atoms with Crippen LogP contribution >= 0.6 is 11.6 Å². The van der Waals surface area contributed by atoms with Crippen molar-refractivity contribution < 1.29 is 0 Å². The molecule has 226 valence electrons. The van der Waals surface area contributed by atoms with Crippen LogP contribution in [0.5, 0.6) is 0 Å². The molecule has 0 radical (unpaired) electrons. The number of anilines is 3. The Morgan fingerprint density at radius 2 is 1.82 bits per heavy atom. The Kier molecular flexibility index (Phi) is 8.03. The largest absolute Gasteiger partial charge is 0.381 e. The van der Waals surface area contributed by atoms with Crippen molar-refractivity contribution in [3.05, 3.63) is 93.9 Å². The Hall–Kier alpha value is -4.25. The maximum absolute atomic E-state index is 14.2. The highest BCUT2D eigenvalue weighted by Gasteiger charge is 2.21. The summed E-state index contributed by atoms with van der Waals surface area (Å²) in [5.41, 5.74) is 5.48. The zero-order valence-corrected chi connectivity index (χ0v) is 25.4. The van der Waals surface area contributed by atoms with Crippen LogP contribution in [0.25, 0.3) is 22.2 Å². The Morgan fingerprint density at radius 1 is 0.977 bits per heavy atom. The van der Waals surface area contributed by atoms with Gasteiger partial charge in [0.05, 0.1) is 18.6 Å². The van der Waals surface area contributed by atoms with Crippen molar-refractivity contribution in [2.75, 3.05) is 36.8 Å². The summed E-state index contributed by atoms with van der Waals surface area (Å²) in [7, 11) is 0. The van der Waals surface area contributed by atoms with Crippen LogP contribution in [-0.4, -0.2) is 56.3 Å². The number of fused-ring (bicyclic) bond motifs is 1. The van der Waals surface area contributed by atoms with Crippen molar-refractivity contribution >= 4 is 40.0 Å². The van der Waals surface area contributed by atoms with Gasteiger partial charge in [0.25, 0.3) is 5.56 Å². The summed E-state index contributed by atoms with van der Waals surface area (Å²) < 4.78 is 3.89. The number of pyridine rings is 1. The lowest BCUT2D eigenvalue weighted by atomic mass is 10.0. The van der Waals surface area contributed by atoms with Gasteiger partial charge in [0.15, 0.2) is 0 Å². The molecule has 0 saturated carbocycles. The van der Waals surface area contributed by atoms with Crippen molar-refractivity contribution in [2.45, 2.75) is 44.8 Å². The number of benzene rings is 2. The van der Waals surface area contributed by atoms with Crippen molar-refractivity contribution in [1.82, 2.24) is 34.7 Å². The topological polar surface area (TPSA) is 114 Å². The third-order valence-electron chi connectivity index (χ3n) is 8.54. The molecular weight excluding hydrogens is 574 g/mol. The summed E-state index contributed by atoms with van der Waals surface area (Å²) in [5, 5.41) is 15.1. The Balaban J connectivity index is 1.24. The molecule has 0 amide bonds. The van der Waals surface area contributed by atoms with Crippen LogP contribution < -0.4 is 26.8 Å². The van der Waals surface area contributed by atoms with E-state index in [4.69, 9.17) is 16.6 Å².